The number of halogens is 1. The van der Waals surface area contributed by atoms with E-state index in [2.05, 4.69) is 49.1 Å². The van der Waals surface area contributed by atoms with E-state index in [4.69, 9.17) is 18.7 Å². The molecule has 3 heterocycles. The SMILES string of the molecule is COc1cc(C=Cc2nc(C)no2)ccc1N(C(=O)Oc1c(C)cccc1C)c1ccnc(Nc2ccc(OCCN3CCN(C(C)C)CC3)c(F)c2)n1. The summed E-state index contributed by atoms with van der Waals surface area (Å²) in [6.07, 6.45) is 4.24. The molecule has 1 N–H and O–H groups in total. The third kappa shape index (κ3) is 9.38. The molecule has 282 valence electrons. The number of anilines is 4. The first-order chi connectivity index (χ1) is 26.1. The van der Waals surface area contributed by atoms with E-state index in [1.54, 1.807) is 55.5 Å². The minimum absolute atomic E-state index is 0.124. The smallest absolute Gasteiger partial charge is 0.425 e. The molecule has 5 aromatic rings. The highest BCUT2D eigenvalue weighted by atomic mass is 19.1. The fourth-order valence-electron chi connectivity index (χ4n) is 6.09. The van der Waals surface area contributed by atoms with Gasteiger partial charge in [-0.1, -0.05) is 29.4 Å². The first kappa shape index (κ1) is 37.9. The summed E-state index contributed by atoms with van der Waals surface area (Å²) < 4.78 is 38.0. The highest BCUT2D eigenvalue weighted by Gasteiger charge is 2.27. The Morgan fingerprint density at radius 1 is 0.981 bits per heavy atom. The number of nitrogens with one attached hydrogen (secondary N) is 1. The van der Waals surface area contributed by atoms with E-state index >= 15 is 4.39 Å². The maximum Gasteiger partial charge on any atom is 0.425 e. The van der Waals surface area contributed by atoms with Gasteiger partial charge in [-0.3, -0.25) is 9.80 Å². The van der Waals surface area contributed by atoms with E-state index in [9.17, 15) is 4.79 Å². The van der Waals surface area contributed by atoms with Crippen molar-refractivity contribution in [1.82, 2.24) is 29.9 Å². The highest BCUT2D eigenvalue weighted by molar-refractivity contribution is 5.98. The van der Waals surface area contributed by atoms with Gasteiger partial charge < -0.3 is 24.1 Å². The molecule has 6 rings (SSSR count). The van der Waals surface area contributed by atoms with Gasteiger partial charge in [-0.05, 0) is 81.7 Å². The lowest BCUT2D eigenvalue weighted by Gasteiger charge is -2.36. The summed E-state index contributed by atoms with van der Waals surface area (Å²) in [4.78, 5) is 33.4. The lowest BCUT2D eigenvalue weighted by atomic mass is 10.1. The molecule has 0 atom stereocenters. The van der Waals surface area contributed by atoms with Crippen LogP contribution < -0.4 is 24.4 Å². The predicted octanol–water partition coefficient (Wildman–Crippen LogP) is 7.59. The van der Waals surface area contributed by atoms with Gasteiger partial charge in [0.05, 0.1) is 12.8 Å². The van der Waals surface area contributed by atoms with E-state index < -0.39 is 11.9 Å². The van der Waals surface area contributed by atoms with E-state index in [0.29, 0.717) is 47.2 Å². The van der Waals surface area contributed by atoms with Crippen LogP contribution in [0.2, 0.25) is 0 Å². The average molecular weight is 737 g/mol. The number of hydrogen-bond acceptors (Lipinski definition) is 12. The highest BCUT2D eigenvalue weighted by Crippen LogP contribution is 2.36. The van der Waals surface area contributed by atoms with Gasteiger partial charge in [0.25, 0.3) is 5.89 Å². The number of benzene rings is 3. The van der Waals surface area contributed by atoms with Crippen LogP contribution in [-0.2, 0) is 0 Å². The number of rotatable bonds is 13. The molecule has 0 spiro atoms. The van der Waals surface area contributed by atoms with Crippen LogP contribution in [0.1, 0.15) is 42.3 Å². The molecule has 0 aliphatic carbocycles. The summed E-state index contributed by atoms with van der Waals surface area (Å²) in [5.74, 6) is 1.61. The Morgan fingerprint density at radius 3 is 2.44 bits per heavy atom. The van der Waals surface area contributed by atoms with Crippen molar-refractivity contribution in [2.24, 2.45) is 0 Å². The van der Waals surface area contributed by atoms with Gasteiger partial charge in [0, 0.05) is 68.9 Å². The molecule has 0 unspecified atom stereocenters. The van der Waals surface area contributed by atoms with Gasteiger partial charge in [0.15, 0.2) is 17.4 Å². The van der Waals surface area contributed by atoms with Crippen LogP contribution in [0.15, 0.2) is 71.4 Å². The quantitative estimate of drug-likeness (QED) is 0.128. The number of aromatic nitrogens is 4. The second kappa shape index (κ2) is 17.3. The normalized spacial score (nSPS) is 13.7. The number of aryl methyl sites for hydroxylation is 3. The van der Waals surface area contributed by atoms with Crippen LogP contribution in [0.5, 0.6) is 17.2 Å². The molecule has 0 saturated carbocycles. The first-order valence-corrected chi connectivity index (χ1v) is 17.8. The lowest BCUT2D eigenvalue weighted by Crippen LogP contribution is -2.49. The molecule has 1 aliphatic rings. The molecule has 0 radical (unpaired) electrons. The zero-order valence-corrected chi connectivity index (χ0v) is 31.4. The number of hydrogen-bond donors (Lipinski definition) is 1. The maximum atomic E-state index is 15.2. The minimum atomic E-state index is -0.727. The Hall–Kier alpha value is -5.86. The molecule has 54 heavy (non-hydrogen) atoms. The van der Waals surface area contributed by atoms with E-state index in [1.165, 1.54) is 24.3 Å². The van der Waals surface area contributed by atoms with Crippen LogP contribution >= 0.6 is 0 Å². The molecule has 2 aromatic heterocycles. The van der Waals surface area contributed by atoms with E-state index in [1.807, 2.05) is 32.0 Å². The third-order valence-electron chi connectivity index (χ3n) is 9.05. The number of carbonyl (C=O) groups excluding carboxylic acids is 1. The molecule has 1 amide bonds. The van der Waals surface area contributed by atoms with Crippen molar-refractivity contribution in [1.29, 1.82) is 0 Å². The van der Waals surface area contributed by atoms with Crippen molar-refractivity contribution in [3.63, 3.8) is 0 Å². The molecular weight excluding hydrogens is 691 g/mol. The van der Waals surface area contributed by atoms with Crippen molar-refractivity contribution in [2.75, 3.05) is 56.7 Å². The zero-order chi connectivity index (χ0) is 38.2. The van der Waals surface area contributed by atoms with Crippen molar-refractivity contribution < 1.29 is 27.9 Å². The topological polar surface area (TPSA) is 131 Å². The largest absolute Gasteiger partial charge is 0.495 e. The Balaban J connectivity index is 1.21. The molecule has 3 aromatic carbocycles. The summed E-state index contributed by atoms with van der Waals surface area (Å²) in [5, 5.41) is 6.86. The number of nitrogens with zero attached hydrogens (tertiary/aromatic N) is 7. The van der Waals surface area contributed by atoms with Crippen LogP contribution in [0, 0.1) is 26.6 Å². The van der Waals surface area contributed by atoms with Gasteiger partial charge in [0.2, 0.25) is 5.95 Å². The molecular formula is C40H45FN8O5. The summed E-state index contributed by atoms with van der Waals surface area (Å²) in [6, 6.07) is 17.6. The molecule has 1 aliphatic heterocycles. The standard InChI is InChI=1S/C40H45FN8O5/c1-26(2)48-20-18-47(19-21-48)22-23-52-34-14-12-31(25-32(34)41)44-39-42-17-16-36(45-39)49(40(50)53-38-27(3)8-7-9-28(38)4)33-13-10-30(24-35(33)51-6)11-15-37-43-29(5)46-54-37/h7-17,24-26H,18-23H2,1-6H3,(H,42,44,45). The second-order valence-corrected chi connectivity index (χ2v) is 13.2. The monoisotopic (exact) mass is 736 g/mol. The summed E-state index contributed by atoms with van der Waals surface area (Å²) in [7, 11) is 1.51. The van der Waals surface area contributed by atoms with Crippen molar-refractivity contribution in [3.8, 4) is 17.2 Å². The number of para-hydroxylation sites is 1. The summed E-state index contributed by atoms with van der Waals surface area (Å²) in [5.41, 5.74) is 3.08. The number of methoxy groups -OCH3 is 1. The maximum absolute atomic E-state index is 15.2. The third-order valence-corrected chi connectivity index (χ3v) is 9.05. The Labute approximate surface area is 314 Å². The minimum Gasteiger partial charge on any atom is -0.495 e. The molecule has 1 fully saturated rings. The fraction of sp³-hybridized carbons (Fsp3) is 0.325. The van der Waals surface area contributed by atoms with Gasteiger partial charge in [-0.15, -0.1) is 0 Å². The average Bonchev–Trinajstić information content (AvgIpc) is 3.58. The Morgan fingerprint density at radius 2 is 1.76 bits per heavy atom. The molecule has 14 heteroatoms. The second-order valence-electron chi connectivity index (χ2n) is 13.2. The van der Waals surface area contributed by atoms with Gasteiger partial charge in [-0.2, -0.15) is 9.97 Å². The zero-order valence-electron chi connectivity index (χ0n) is 31.4. The van der Waals surface area contributed by atoms with Crippen LogP contribution in [0.25, 0.3) is 12.2 Å². The number of piperazine rings is 1. The fourth-order valence-corrected chi connectivity index (χ4v) is 6.09. The first-order valence-electron chi connectivity index (χ1n) is 17.8. The van der Waals surface area contributed by atoms with Crippen molar-refractivity contribution in [2.45, 2.75) is 40.7 Å². The van der Waals surface area contributed by atoms with Crippen LogP contribution in [-0.4, -0.2) is 88.5 Å². The molecule has 0 bridgehead atoms. The number of amides is 1. The van der Waals surface area contributed by atoms with Gasteiger partial charge in [0.1, 0.15) is 23.9 Å². The van der Waals surface area contributed by atoms with Crippen molar-refractivity contribution >= 4 is 41.4 Å². The molecule has 13 nitrogen and oxygen atoms in total. The van der Waals surface area contributed by atoms with Crippen molar-refractivity contribution in [3.05, 3.63) is 101 Å². The van der Waals surface area contributed by atoms with E-state index in [0.717, 1.165) is 49.4 Å². The lowest BCUT2D eigenvalue weighted by molar-refractivity contribution is 0.0965. The molecule has 1 saturated heterocycles. The van der Waals surface area contributed by atoms with Crippen LogP contribution in [0.4, 0.5) is 32.3 Å². The number of ether oxygens (including phenoxy) is 3. The van der Waals surface area contributed by atoms with Gasteiger partial charge >= 0.3 is 6.09 Å². The van der Waals surface area contributed by atoms with Crippen LogP contribution in [0.3, 0.4) is 0 Å². The Bertz CT molecular complexity index is 2080. The predicted molar refractivity (Wildman–Crippen MR) is 205 cm³/mol. The summed E-state index contributed by atoms with van der Waals surface area (Å²) >= 11 is 0. The van der Waals surface area contributed by atoms with E-state index in [-0.39, 0.29) is 17.5 Å². The Kier molecular flexibility index (Phi) is 12.1. The summed E-state index contributed by atoms with van der Waals surface area (Å²) in [6.45, 7) is 14.9. The number of carbonyl (C=O) groups is 1. The van der Waals surface area contributed by atoms with Gasteiger partial charge in [-0.25, -0.2) is 19.1 Å².